The van der Waals surface area contributed by atoms with Gasteiger partial charge in [0.05, 0.1) is 25.6 Å². The Morgan fingerprint density at radius 3 is 1.52 bits per heavy atom. The van der Waals surface area contributed by atoms with Crippen LogP contribution >= 0.6 is 0 Å². The molecule has 2 unspecified atom stereocenters. The van der Waals surface area contributed by atoms with Crippen LogP contribution in [0.25, 0.3) is 0 Å². The zero-order valence-electron chi connectivity index (χ0n) is 25.6. The van der Waals surface area contributed by atoms with Crippen LogP contribution in [0.2, 0.25) is 0 Å². The molecule has 8 N–H and O–H groups in total. The summed E-state index contributed by atoms with van der Waals surface area (Å²) in [6, 6.07) is -3.33. The van der Waals surface area contributed by atoms with Gasteiger partial charge in [0.2, 0.25) is 11.8 Å². The highest BCUT2D eigenvalue weighted by Gasteiger charge is 2.33. The summed E-state index contributed by atoms with van der Waals surface area (Å²) in [5.41, 5.74) is 4.50. The predicted octanol–water partition coefficient (Wildman–Crippen LogP) is -3.43. The molecule has 0 aliphatic rings. The van der Waals surface area contributed by atoms with Gasteiger partial charge in [-0.1, -0.05) is 0 Å². The van der Waals surface area contributed by atoms with E-state index < -0.39 is 85.5 Å². The molecule has 0 bridgehead atoms. The predicted molar refractivity (Wildman–Crippen MR) is 157 cm³/mol. The van der Waals surface area contributed by atoms with Crippen LogP contribution in [0.3, 0.4) is 0 Å². The average molecular weight is 681 g/mol. The Kier molecular flexibility index (Phi) is 17.0. The highest BCUT2D eigenvalue weighted by molar-refractivity contribution is 5.94. The van der Waals surface area contributed by atoms with E-state index in [-0.39, 0.29) is 43.9 Å². The Bertz CT molecular complexity index is 1430. The smallest absolute Gasteiger partial charge is 0.326 e. The molecule has 48 heavy (non-hydrogen) atoms. The Morgan fingerprint density at radius 2 is 1.17 bits per heavy atom. The molecule has 2 aromatic rings. The van der Waals surface area contributed by atoms with E-state index in [0.717, 1.165) is 0 Å². The molecular weight excluding hydrogens is 644 g/mol. The molecule has 0 saturated heterocycles. The van der Waals surface area contributed by atoms with Crippen LogP contribution in [-0.4, -0.2) is 125 Å². The minimum atomic E-state index is -2.07. The van der Waals surface area contributed by atoms with Gasteiger partial charge in [-0.05, 0) is 13.5 Å². The summed E-state index contributed by atoms with van der Waals surface area (Å²) in [6.07, 6.45) is 5.26. The first-order valence-corrected chi connectivity index (χ1v) is 13.9. The lowest BCUT2D eigenvalue weighted by Gasteiger charge is -2.21. The topological polar surface area (TPSA) is 324 Å². The van der Waals surface area contributed by atoms with E-state index in [1.54, 1.807) is 0 Å². The molecule has 21 heteroatoms. The summed E-state index contributed by atoms with van der Waals surface area (Å²) in [5.74, 6) is -11.1. The van der Waals surface area contributed by atoms with Crippen molar-refractivity contribution in [3.63, 3.8) is 0 Å². The molecule has 2 aromatic heterocycles. The first kappa shape index (κ1) is 40.2. The standard InChI is InChI=1S/C26H31N7O13.CH5N/c34-6-5-31(9-19-27-1-3-32(19)11-21(37)29-17(25(43)44)7-15(13-35)14-36)10-20-28-2-4-33(20)12-22(38)30-18(26(45)46)8-16(23(39)40)24(41)42;1-2/h1-4,6,13-18H,5,7-12H2,(H,29,37)(H,30,38)(H,39,40)(H,41,42)(H,43,44)(H,45,46);2H2,1H3. The fourth-order valence-electron chi connectivity index (χ4n) is 4.15. The fraction of sp³-hybridized carbons (Fsp3) is 0.444. The van der Waals surface area contributed by atoms with Crippen molar-refractivity contribution < 1.29 is 63.6 Å². The lowest BCUT2D eigenvalue weighted by Crippen LogP contribution is -2.45. The van der Waals surface area contributed by atoms with Crippen molar-refractivity contribution >= 4 is 54.6 Å². The number of aromatic nitrogens is 4. The van der Waals surface area contributed by atoms with Crippen molar-refractivity contribution in [1.29, 1.82) is 0 Å². The molecule has 2 atom stereocenters. The van der Waals surface area contributed by atoms with Crippen molar-refractivity contribution in [2.75, 3.05) is 13.6 Å². The second kappa shape index (κ2) is 20.3. The summed E-state index contributed by atoms with van der Waals surface area (Å²) >= 11 is 0. The van der Waals surface area contributed by atoms with Gasteiger partial charge in [0.1, 0.15) is 55.7 Å². The fourth-order valence-corrected chi connectivity index (χ4v) is 4.15. The van der Waals surface area contributed by atoms with E-state index in [1.807, 2.05) is 0 Å². The summed E-state index contributed by atoms with van der Waals surface area (Å²) in [4.78, 5) is 114. The van der Waals surface area contributed by atoms with E-state index in [9.17, 15) is 53.4 Å². The van der Waals surface area contributed by atoms with Gasteiger partial charge in [-0.25, -0.2) is 19.6 Å². The van der Waals surface area contributed by atoms with Crippen molar-refractivity contribution in [3.8, 4) is 0 Å². The van der Waals surface area contributed by atoms with Gasteiger partial charge in [0.25, 0.3) is 0 Å². The zero-order chi connectivity index (χ0) is 36.4. The Hall–Kier alpha value is -5.83. The van der Waals surface area contributed by atoms with Crippen LogP contribution in [0.15, 0.2) is 24.8 Å². The monoisotopic (exact) mass is 680 g/mol. The molecule has 0 fully saturated rings. The van der Waals surface area contributed by atoms with E-state index in [0.29, 0.717) is 6.29 Å². The number of carboxylic acids is 4. The van der Waals surface area contributed by atoms with E-state index in [2.05, 4.69) is 26.3 Å². The number of nitrogens with two attached hydrogens (primary N) is 1. The Labute approximate surface area is 271 Å². The number of aliphatic carboxylic acids is 4. The SMILES string of the molecule is CN.O=CCN(Cc1nccn1CC(=O)NC(CC(C=O)C=O)C(=O)O)Cc1nccn1CC(=O)NC(CC(C(=O)O)C(=O)O)C(=O)O. The molecule has 0 saturated carbocycles. The van der Waals surface area contributed by atoms with Gasteiger partial charge in [0.15, 0.2) is 5.92 Å². The molecule has 0 aliphatic carbocycles. The van der Waals surface area contributed by atoms with Crippen molar-refractivity contribution in [2.45, 2.75) is 51.1 Å². The number of amides is 2. The zero-order valence-corrected chi connectivity index (χ0v) is 25.6. The molecule has 2 amide bonds. The normalized spacial score (nSPS) is 11.9. The van der Waals surface area contributed by atoms with E-state index in [1.165, 1.54) is 45.9 Å². The molecule has 0 radical (unpaired) electrons. The molecule has 0 aliphatic heterocycles. The average Bonchev–Trinajstić information content (AvgIpc) is 3.66. The van der Waals surface area contributed by atoms with Gasteiger partial charge < -0.3 is 60.3 Å². The van der Waals surface area contributed by atoms with Gasteiger partial charge in [-0.3, -0.25) is 24.1 Å². The maximum absolute atomic E-state index is 12.6. The van der Waals surface area contributed by atoms with Crippen LogP contribution in [-0.2, 0) is 69.3 Å². The Morgan fingerprint density at radius 1 is 0.750 bits per heavy atom. The molecule has 2 heterocycles. The summed E-state index contributed by atoms with van der Waals surface area (Å²) in [6.45, 7) is -1.14. The summed E-state index contributed by atoms with van der Waals surface area (Å²) in [7, 11) is 1.50. The third-order valence-electron chi connectivity index (χ3n) is 6.49. The number of nitrogens with one attached hydrogen (secondary N) is 2. The number of hydrogen-bond acceptors (Lipinski definition) is 13. The van der Waals surface area contributed by atoms with Crippen molar-refractivity contribution in [3.05, 3.63) is 36.4 Å². The number of nitrogens with zero attached hydrogens (tertiary/aromatic N) is 5. The first-order chi connectivity index (χ1) is 22.8. The van der Waals surface area contributed by atoms with Crippen molar-refractivity contribution in [2.24, 2.45) is 17.6 Å². The second-order valence-electron chi connectivity index (χ2n) is 9.83. The second-order valence-corrected chi connectivity index (χ2v) is 9.83. The van der Waals surface area contributed by atoms with Gasteiger partial charge >= 0.3 is 23.9 Å². The lowest BCUT2D eigenvalue weighted by molar-refractivity contribution is -0.156. The van der Waals surface area contributed by atoms with Gasteiger partial charge in [-0.15, -0.1) is 0 Å². The quantitative estimate of drug-likeness (QED) is 0.0470. The number of carbonyl (C=O) groups is 9. The lowest BCUT2D eigenvalue weighted by atomic mass is 10.00. The highest BCUT2D eigenvalue weighted by Crippen LogP contribution is 2.11. The summed E-state index contributed by atoms with van der Waals surface area (Å²) < 4.78 is 2.69. The number of carbonyl (C=O) groups excluding carboxylic acids is 5. The number of aldehydes is 3. The van der Waals surface area contributed by atoms with Crippen LogP contribution < -0.4 is 16.4 Å². The third kappa shape index (κ3) is 12.9. The van der Waals surface area contributed by atoms with Crippen LogP contribution in [0, 0.1) is 11.8 Å². The number of rotatable bonds is 22. The summed E-state index contributed by atoms with van der Waals surface area (Å²) in [5, 5.41) is 41.1. The van der Waals surface area contributed by atoms with E-state index >= 15 is 0 Å². The van der Waals surface area contributed by atoms with Gasteiger partial charge in [0, 0.05) is 31.2 Å². The molecule has 0 aromatic carbocycles. The first-order valence-electron chi connectivity index (χ1n) is 13.9. The third-order valence-corrected chi connectivity index (χ3v) is 6.49. The number of hydrogen-bond donors (Lipinski definition) is 7. The Balaban J connectivity index is 0.00000565. The van der Waals surface area contributed by atoms with Crippen LogP contribution in [0.5, 0.6) is 0 Å². The van der Waals surface area contributed by atoms with Crippen LogP contribution in [0.1, 0.15) is 24.5 Å². The molecule has 21 nitrogen and oxygen atoms in total. The number of carboxylic acid groups (broad SMARTS) is 4. The molecule has 262 valence electrons. The minimum Gasteiger partial charge on any atom is -0.481 e. The maximum atomic E-state index is 12.6. The highest BCUT2D eigenvalue weighted by atomic mass is 16.4. The van der Waals surface area contributed by atoms with Crippen molar-refractivity contribution in [1.82, 2.24) is 34.6 Å². The largest absolute Gasteiger partial charge is 0.481 e. The molecular formula is C27H36N8O13. The van der Waals surface area contributed by atoms with Gasteiger partial charge in [-0.2, -0.15) is 0 Å². The number of imidazole rings is 2. The molecule has 0 spiro atoms. The van der Waals surface area contributed by atoms with Crippen LogP contribution in [0.4, 0.5) is 0 Å². The molecule has 2 rings (SSSR count). The maximum Gasteiger partial charge on any atom is 0.326 e. The van der Waals surface area contributed by atoms with E-state index in [4.69, 9.17) is 10.2 Å². The minimum absolute atomic E-state index is 0.0361.